The van der Waals surface area contributed by atoms with Crippen LogP contribution in [-0.4, -0.2) is 54.8 Å². The molecule has 10 nitrogen and oxygen atoms in total. The minimum atomic E-state index is -0.0927. The molecule has 170 valence electrons. The molecule has 0 bridgehead atoms. The van der Waals surface area contributed by atoms with Crippen LogP contribution in [0.5, 0.6) is 17.2 Å². The minimum absolute atomic E-state index is 0.0737. The van der Waals surface area contributed by atoms with Crippen LogP contribution in [0.1, 0.15) is 19.4 Å². The van der Waals surface area contributed by atoms with Crippen LogP contribution in [0.4, 0.5) is 11.8 Å². The maximum atomic E-state index is 11.2. The standard InChI is InChI=1S/C22H28N6O4/c1-13(10-23-14(2)29)26-21-20-18(8-17(31-4)12-24-20)27-22(28-21)25-11-15-6-7-16(30-3)9-19(15)32-5/h6-9,12-13H,10-11H2,1-5H3,(H,23,29)(H2,25,26,27,28). The highest BCUT2D eigenvalue weighted by Gasteiger charge is 2.14. The predicted molar refractivity (Wildman–Crippen MR) is 123 cm³/mol. The van der Waals surface area contributed by atoms with Crippen LogP contribution in [0.15, 0.2) is 30.5 Å². The number of methoxy groups -OCH3 is 3. The molecule has 3 N–H and O–H groups in total. The first kappa shape index (κ1) is 22.9. The Hall–Kier alpha value is -3.82. The van der Waals surface area contributed by atoms with E-state index in [1.54, 1.807) is 33.6 Å². The molecule has 0 aliphatic rings. The quantitative estimate of drug-likeness (QED) is 0.437. The number of fused-ring (bicyclic) bond motifs is 1. The fourth-order valence-corrected chi connectivity index (χ4v) is 3.05. The lowest BCUT2D eigenvalue weighted by Crippen LogP contribution is -2.33. The van der Waals surface area contributed by atoms with Crippen LogP contribution < -0.4 is 30.2 Å². The first-order valence-electron chi connectivity index (χ1n) is 10.1. The summed E-state index contributed by atoms with van der Waals surface area (Å²) < 4.78 is 16.0. The topological polar surface area (TPSA) is 120 Å². The van der Waals surface area contributed by atoms with Crippen molar-refractivity contribution in [1.82, 2.24) is 20.3 Å². The van der Waals surface area contributed by atoms with E-state index < -0.39 is 0 Å². The van der Waals surface area contributed by atoms with Gasteiger partial charge in [-0.15, -0.1) is 0 Å². The summed E-state index contributed by atoms with van der Waals surface area (Å²) in [6.45, 7) is 4.32. The van der Waals surface area contributed by atoms with Crippen LogP contribution in [0.3, 0.4) is 0 Å². The Labute approximate surface area is 186 Å². The van der Waals surface area contributed by atoms with Crippen molar-refractivity contribution in [1.29, 1.82) is 0 Å². The van der Waals surface area contributed by atoms with Gasteiger partial charge in [0.05, 0.1) is 27.5 Å². The van der Waals surface area contributed by atoms with Crippen LogP contribution >= 0.6 is 0 Å². The molecule has 3 aromatic rings. The molecule has 0 saturated heterocycles. The number of rotatable bonds is 10. The van der Waals surface area contributed by atoms with E-state index in [1.165, 1.54) is 6.92 Å². The maximum Gasteiger partial charge on any atom is 0.225 e. The van der Waals surface area contributed by atoms with Crippen molar-refractivity contribution in [3.05, 3.63) is 36.0 Å². The molecule has 1 unspecified atom stereocenters. The molecule has 1 atom stereocenters. The highest BCUT2D eigenvalue weighted by atomic mass is 16.5. The number of carbonyl (C=O) groups is 1. The third kappa shape index (κ3) is 5.65. The molecule has 0 aliphatic heterocycles. The van der Waals surface area contributed by atoms with Crippen molar-refractivity contribution in [2.24, 2.45) is 0 Å². The first-order chi connectivity index (χ1) is 15.4. The summed E-state index contributed by atoms with van der Waals surface area (Å²) in [5, 5.41) is 9.34. The SMILES string of the molecule is COc1ccc(CNc2nc(NC(C)CNC(C)=O)c3ncc(OC)cc3n2)c(OC)c1. The lowest BCUT2D eigenvalue weighted by molar-refractivity contribution is -0.118. The Morgan fingerprint density at radius 2 is 1.84 bits per heavy atom. The normalized spacial score (nSPS) is 11.5. The highest BCUT2D eigenvalue weighted by Crippen LogP contribution is 2.27. The maximum absolute atomic E-state index is 11.2. The van der Waals surface area contributed by atoms with Gasteiger partial charge in [0.15, 0.2) is 5.82 Å². The summed E-state index contributed by atoms with van der Waals surface area (Å²) in [4.78, 5) is 24.9. The average molecular weight is 441 g/mol. The molecule has 2 heterocycles. The van der Waals surface area contributed by atoms with Crippen molar-refractivity contribution in [3.63, 3.8) is 0 Å². The number of nitrogens with one attached hydrogen (secondary N) is 3. The number of hydrogen-bond donors (Lipinski definition) is 3. The van der Waals surface area contributed by atoms with Gasteiger partial charge in [0, 0.05) is 43.8 Å². The van der Waals surface area contributed by atoms with Crippen molar-refractivity contribution < 1.29 is 19.0 Å². The summed E-state index contributed by atoms with van der Waals surface area (Å²) in [5.74, 6) is 2.88. The highest BCUT2D eigenvalue weighted by molar-refractivity contribution is 5.87. The number of ether oxygens (including phenoxy) is 3. The Balaban J connectivity index is 1.88. The number of amides is 1. The predicted octanol–water partition coefficient (Wildman–Crippen LogP) is 2.60. The second kappa shape index (κ2) is 10.5. The molecular weight excluding hydrogens is 412 g/mol. The van der Waals surface area contributed by atoms with E-state index in [9.17, 15) is 4.79 Å². The summed E-state index contributed by atoms with van der Waals surface area (Å²) in [6.07, 6.45) is 1.62. The Kier molecular flexibility index (Phi) is 7.48. The van der Waals surface area contributed by atoms with Gasteiger partial charge < -0.3 is 30.2 Å². The Morgan fingerprint density at radius 3 is 2.53 bits per heavy atom. The first-order valence-corrected chi connectivity index (χ1v) is 10.1. The molecular formula is C22H28N6O4. The molecule has 0 saturated carbocycles. The Bertz CT molecular complexity index is 1090. The zero-order valence-electron chi connectivity index (χ0n) is 18.9. The number of nitrogens with zero attached hydrogens (tertiary/aromatic N) is 3. The van der Waals surface area contributed by atoms with E-state index in [-0.39, 0.29) is 11.9 Å². The zero-order valence-corrected chi connectivity index (χ0v) is 18.9. The number of hydrogen-bond acceptors (Lipinski definition) is 9. The fourth-order valence-electron chi connectivity index (χ4n) is 3.05. The zero-order chi connectivity index (χ0) is 23.1. The molecule has 0 spiro atoms. The average Bonchev–Trinajstić information content (AvgIpc) is 2.80. The van der Waals surface area contributed by atoms with Gasteiger partial charge in [0.2, 0.25) is 11.9 Å². The van der Waals surface area contributed by atoms with Gasteiger partial charge in [-0.25, -0.2) is 9.97 Å². The lowest BCUT2D eigenvalue weighted by atomic mass is 10.2. The molecule has 0 fully saturated rings. The van der Waals surface area contributed by atoms with Gasteiger partial charge in [-0.05, 0) is 19.1 Å². The van der Waals surface area contributed by atoms with Gasteiger partial charge in [0.1, 0.15) is 28.3 Å². The van der Waals surface area contributed by atoms with Crippen LogP contribution in [0.2, 0.25) is 0 Å². The smallest absolute Gasteiger partial charge is 0.225 e. The Morgan fingerprint density at radius 1 is 1.06 bits per heavy atom. The van der Waals surface area contributed by atoms with Crippen LogP contribution in [-0.2, 0) is 11.3 Å². The summed E-state index contributed by atoms with van der Waals surface area (Å²) in [6, 6.07) is 7.34. The van der Waals surface area contributed by atoms with E-state index in [4.69, 9.17) is 14.2 Å². The third-order valence-electron chi connectivity index (χ3n) is 4.72. The molecule has 0 aliphatic carbocycles. The molecule has 2 aromatic heterocycles. The second-order valence-electron chi connectivity index (χ2n) is 7.15. The number of aromatic nitrogens is 3. The summed E-state index contributed by atoms with van der Waals surface area (Å²) in [7, 11) is 4.80. The molecule has 1 amide bonds. The van der Waals surface area contributed by atoms with Crippen molar-refractivity contribution >= 4 is 28.7 Å². The van der Waals surface area contributed by atoms with Crippen molar-refractivity contribution in [3.8, 4) is 17.2 Å². The molecule has 32 heavy (non-hydrogen) atoms. The van der Waals surface area contributed by atoms with Gasteiger partial charge in [0.25, 0.3) is 0 Å². The molecule has 0 radical (unpaired) electrons. The largest absolute Gasteiger partial charge is 0.497 e. The van der Waals surface area contributed by atoms with E-state index in [1.807, 2.05) is 25.1 Å². The molecule has 10 heteroatoms. The van der Waals surface area contributed by atoms with Gasteiger partial charge in [-0.1, -0.05) is 0 Å². The van der Waals surface area contributed by atoms with E-state index in [0.717, 1.165) is 5.56 Å². The second-order valence-corrected chi connectivity index (χ2v) is 7.15. The van der Waals surface area contributed by atoms with Crippen molar-refractivity contribution in [2.75, 3.05) is 38.5 Å². The summed E-state index contributed by atoms with van der Waals surface area (Å²) in [5.41, 5.74) is 2.15. The van der Waals surface area contributed by atoms with E-state index >= 15 is 0 Å². The van der Waals surface area contributed by atoms with E-state index in [2.05, 4.69) is 30.9 Å². The minimum Gasteiger partial charge on any atom is -0.497 e. The third-order valence-corrected chi connectivity index (χ3v) is 4.72. The van der Waals surface area contributed by atoms with Crippen LogP contribution in [0, 0.1) is 0 Å². The van der Waals surface area contributed by atoms with Gasteiger partial charge >= 0.3 is 0 Å². The monoisotopic (exact) mass is 440 g/mol. The molecule has 1 aromatic carbocycles. The number of carbonyl (C=O) groups excluding carboxylic acids is 1. The van der Waals surface area contributed by atoms with Gasteiger partial charge in [-0.2, -0.15) is 4.98 Å². The summed E-state index contributed by atoms with van der Waals surface area (Å²) >= 11 is 0. The van der Waals surface area contributed by atoms with Crippen molar-refractivity contribution in [2.45, 2.75) is 26.4 Å². The van der Waals surface area contributed by atoms with E-state index in [0.29, 0.717) is 53.1 Å². The molecule has 3 rings (SSSR count). The number of pyridine rings is 1. The number of anilines is 2. The lowest BCUT2D eigenvalue weighted by Gasteiger charge is -2.17. The fraction of sp³-hybridized carbons (Fsp3) is 0.364. The van der Waals surface area contributed by atoms with Crippen LogP contribution in [0.25, 0.3) is 11.0 Å². The number of benzene rings is 1. The van der Waals surface area contributed by atoms with Gasteiger partial charge in [-0.3, -0.25) is 4.79 Å².